The van der Waals surface area contributed by atoms with Crippen LogP contribution in [-0.4, -0.2) is 23.0 Å². The summed E-state index contributed by atoms with van der Waals surface area (Å²) in [5, 5.41) is 6.50. The standard InChI is InChI=1S/C14H21ClN2S.CHN/c15-14-16-12-10-17(9-7-13(12)18-14)8-6-11-4-2-1-3-5-11;1-2/h11H,1-10H2;1H. The van der Waals surface area contributed by atoms with E-state index in [1.165, 1.54) is 62.2 Å². The van der Waals surface area contributed by atoms with Crippen LogP contribution in [0.2, 0.25) is 4.47 Å². The molecule has 1 fully saturated rings. The lowest BCUT2D eigenvalue weighted by Crippen LogP contribution is -2.32. The molecule has 0 unspecified atom stereocenters. The lowest BCUT2D eigenvalue weighted by atomic mass is 9.87. The molecule has 3 nitrogen and oxygen atoms in total. The molecular weight excluding hydrogens is 290 g/mol. The van der Waals surface area contributed by atoms with E-state index in [0.29, 0.717) is 4.47 Å². The summed E-state index contributed by atoms with van der Waals surface area (Å²) in [5.41, 5.74) is 1.24. The van der Waals surface area contributed by atoms with Crippen LogP contribution in [-0.2, 0) is 13.0 Å². The van der Waals surface area contributed by atoms with Crippen molar-refractivity contribution in [1.29, 1.82) is 5.26 Å². The second-order valence-electron chi connectivity index (χ2n) is 5.66. The van der Waals surface area contributed by atoms with E-state index in [4.69, 9.17) is 16.9 Å². The van der Waals surface area contributed by atoms with Gasteiger partial charge in [0.15, 0.2) is 4.47 Å². The molecule has 2 heterocycles. The molecule has 1 aliphatic heterocycles. The van der Waals surface area contributed by atoms with Crippen LogP contribution in [0.5, 0.6) is 0 Å². The molecule has 1 saturated carbocycles. The maximum atomic E-state index is 6.50. The Morgan fingerprint density at radius 3 is 2.80 bits per heavy atom. The Balaban J connectivity index is 0.000000704. The third-order valence-corrected chi connectivity index (χ3v) is 5.62. The molecule has 2 aliphatic rings. The number of nitrogens with zero attached hydrogens (tertiary/aromatic N) is 3. The molecule has 20 heavy (non-hydrogen) atoms. The van der Waals surface area contributed by atoms with Gasteiger partial charge in [0.05, 0.1) is 5.69 Å². The van der Waals surface area contributed by atoms with E-state index in [-0.39, 0.29) is 0 Å². The van der Waals surface area contributed by atoms with Gasteiger partial charge in [0.25, 0.3) is 0 Å². The number of aromatic nitrogens is 1. The summed E-state index contributed by atoms with van der Waals surface area (Å²) in [6.45, 7) is 6.96. The van der Waals surface area contributed by atoms with Gasteiger partial charge in [-0.3, -0.25) is 4.90 Å². The van der Waals surface area contributed by atoms with Crippen molar-refractivity contribution in [3.8, 4) is 6.57 Å². The quantitative estimate of drug-likeness (QED) is 0.837. The maximum Gasteiger partial charge on any atom is 0.184 e. The second-order valence-corrected chi connectivity index (χ2v) is 7.32. The summed E-state index contributed by atoms with van der Waals surface area (Å²) in [5.74, 6) is 0.985. The zero-order valence-electron chi connectivity index (χ0n) is 11.9. The Morgan fingerprint density at radius 2 is 2.05 bits per heavy atom. The van der Waals surface area contributed by atoms with Gasteiger partial charge in [-0.05, 0) is 25.3 Å². The molecule has 0 atom stereocenters. The highest BCUT2D eigenvalue weighted by Crippen LogP contribution is 2.30. The van der Waals surface area contributed by atoms with Gasteiger partial charge in [-0.15, -0.1) is 11.3 Å². The first kappa shape index (κ1) is 15.8. The van der Waals surface area contributed by atoms with Gasteiger partial charge in [-0.2, -0.15) is 0 Å². The Labute approximate surface area is 130 Å². The molecule has 0 bridgehead atoms. The molecule has 1 aliphatic carbocycles. The van der Waals surface area contributed by atoms with Crippen LogP contribution in [0.25, 0.3) is 0 Å². The summed E-state index contributed by atoms with van der Waals surface area (Å²) in [6.07, 6.45) is 9.81. The van der Waals surface area contributed by atoms with E-state index >= 15 is 0 Å². The fourth-order valence-electron chi connectivity index (χ4n) is 3.25. The van der Waals surface area contributed by atoms with Gasteiger partial charge in [-0.25, -0.2) is 10.2 Å². The summed E-state index contributed by atoms with van der Waals surface area (Å²) in [7, 11) is 0. The van der Waals surface area contributed by atoms with Gasteiger partial charge in [-0.1, -0.05) is 43.7 Å². The summed E-state index contributed by atoms with van der Waals surface area (Å²) in [4.78, 5) is 8.41. The number of nitriles is 1. The minimum atomic E-state index is 0.717. The van der Waals surface area contributed by atoms with Crippen LogP contribution in [0.1, 0.15) is 49.1 Å². The first-order valence-electron chi connectivity index (χ1n) is 7.43. The Kier molecular flexibility index (Phi) is 6.28. The number of thiazole rings is 1. The van der Waals surface area contributed by atoms with Crippen LogP contribution in [0, 0.1) is 17.8 Å². The molecule has 0 aromatic carbocycles. The van der Waals surface area contributed by atoms with E-state index in [1.807, 2.05) is 0 Å². The first-order chi connectivity index (χ1) is 9.81. The van der Waals surface area contributed by atoms with Gasteiger partial charge in [0, 0.05) is 24.5 Å². The third kappa shape index (κ3) is 4.18. The van der Waals surface area contributed by atoms with E-state index in [1.54, 1.807) is 11.3 Å². The van der Waals surface area contributed by atoms with Crippen LogP contribution in [0.3, 0.4) is 0 Å². The third-order valence-electron chi connectivity index (χ3n) is 4.36. The van der Waals surface area contributed by atoms with Gasteiger partial charge in [0.2, 0.25) is 0 Å². The molecule has 0 radical (unpaired) electrons. The fraction of sp³-hybridized carbons (Fsp3) is 0.733. The SMILES string of the molecule is C#N.Clc1nc2c(s1)CCN(CCC1CCCCC1)C2. The maximum absolute atomic E-state index is 6.50. The minimum absolute atomic E-state index is 0.717. The van der Waals surface area contributed by atoms with Gasteiger partial charge >= 0.3 is 0 Å². The average molecular weight is 312 g/mol. The van der Waals surface area contributed by atoms with Crippen molar-refractivity contribution in [3.05, 3.63) is 15.0 Å². The lowest BCUT2D eigenvalue weighted by molar-refractivity contribution is 0.216. The molecule has 0 N–H and O–H groups in total. The lowest BCUT2D eigenvalue weighted by Gasteiger charge is -2.29. The Hall–Kier alpha value is -0.630. The fourth-order valence-corrected chi connectivity index (χ4v) is 4.41. The summed E-state index contributed by atoms with van der Waals surface area (Å²) >= 11 is 7.65. The first-order valence-corrected chi connectivity index (χ1v) is 8.63. The zero-order valence-corrected chi connectivity index (χ0v) is 13.4. The molecule has 3 rings (SSSR count). The second kappa shape index (κ2) is 7.97. The average Bonchev–Trinajstić information content (AvgIpc) is 2.87. The molecular formula is C15H22ClN3S. The monoisotopic (exact) mass is 311 g/mol. The molecule has 0 spiro atoms. The Morgan fingerprint density at radius 1 is 1.30 bits per heavy atom. The van der Waals surface area contributed by atoms with Crippen LogP contribution >= 0.6 is 22.9 Å². The normalized spacial score (nSPS) is 19.9. The topological polar surface area (TPSA) is 39.9 Å². The van der Waals surface area contributed by atoms with Gasteiger partial charge in [0.1, 0.15) is 0 Å². The van der Waals surface area contributed by atoms with Crippen molar-refractivity contribution in [2.24, 2.45) is 5.92 Å². The highest BCUT2D eigenvalue weighted by molar-refractivity contribution is 7.15. The highest BCUT2D eigenvalue weighted by Gasteiger charge is 2.21. The largest absolute Gasteiger partial charge is 0.297 e. The minimum Gasteiger partial charge on any atom is -0.297 e. The number of rotatable bonds is 3. The van der Waals surface area contributed by atoms with Crippen LogP contribution in [0.4, 0.5) is 0 Å². The number of fused-ring (bicyclic) bond motifs is 1. The number of hydrogen-bond acceptors (Lipinski definition) is 4. The van der Waals surface area contributed by atoms with Gasteiger partial charge < -0.3 is 0 Å². The van der Waals surface area contributed by atoms with E-state index in [9.17, 15) is 0 Å². The van der Waals surface area contributed by atoms with Crippen molar-refractivity contribution >= 4 is 22.9 Å². The predicted octanol–water partition coefficient (Wildman–Crippen LogP) is 4.26. The van der Waals surface area contributed by atoms with Crippen molar-refractivity contribution in [3.63, 3.8) is 0 Å². The van der Waals surface area contributed by atoms with E-state index in [2.05, 4.69) is 16.5 Å². The molecule has 1 aromatic heterocycles. The van der Waals surface area contributed by atoms with Crippen molar-refractivity contribution < 1.29 is 0 Å². The Bertz CT molecular complexity index is 438. The zero-order chi connectivity index (χ0) is 14.4. The van der Waals surface area contributed by atoms with E-state index in [0.717, 1.165) is 18.9 Å². The smallest absolute Gasteiger partial charge is 0.184 e. The van der Waals surface area contributed by atoms with E-state index < -0.39 is 0 Å². The molecule has 1 aromatic rings. The van der Waals surface area contributed by atoms with Crippen LogP contribution in [0.15, 0.2) is 0 Å². The molecule has 0 amide bonds. The van der Waals surface area contributed by atoms with Crippen molar-refractivity contribution in [2.45, 2.75) is 51.5 Å². The van der Waals surface area contributed by atoms with Crippen LogP contribution < -0.4 is 0 Å². The van der Waals surface area contributed by atoms with Crippen molar-refractivity contribution in [2.75, 3.05) is 13.1 Å². The molecule has 5 heteroatoms. The number of halogens is 1. The van der Waals surface area contributed by atoms with Crippen molar-refractivity contribution in [1.82, 2.24) is 9.88 Å². The predicted molar refractivity (Wildman–Crippen MR) is 84.0 cm³/mol. The summed E-state index contributed by atoms with van der Waals surface area (Å²) in [6, 6.07) is 0. The number of hydrogen-bond donors (Lipinski definition) is 0. The molecule has 110 valence electrons. The molecule has 0 saturated heterocycles. The summed E-state index contributed by atoms with van der Waals surface area (Å²) < 4.78 is 0.717. The highest BCUT2D eigenvalue weighted by atomic mass is 35.5.